The van der Waals surface area contributed by atoms with Gasteiger partial charge in [0.15, 0.2) is 0 Å². The van der Waals surface area contributed by atoms with Gasteiger partial charge >= 0.3 is 0 Å². The molecule has 3 nitrogen and oxygen atoms in total. The second kappa shape index (κ2) is 6.44. The van der Waals surface area contributed by atoms with Gasteiger partial charge in [0.1, 0.15) is 5.82 Å². The molecule has 3 heteroatoms. The van der Waals surface area contributed by atoms with Gasteiger partial charge < -0.3 is 10.3 Å². The van der Waals surface area contributed by atoms with Crippen LogP contribution in [0.1, 0.15) is 49.1 Å². The van der Waals surface area contributed by atoms with Crippen LogP contribution in [0.5, 0.6) is 0 Å². The number of aryl methyl sites for hydroxylation is 1. The first-order chi connectivity index (χ1) is 10.3. The first kappa shape index (κ1) is 14.3. The summed E-state index contributed by atoms with van der Waals surface area (Å²) >= 11 is 0. The molecule has 1 aromatic carbocycles. The molecule has 1 aliphatic rings. The van der Waals surface area contributed by atoms with Crippen LogP contribution in [0, 0.1) is 0 Å². The number of hydrogen-bond acceptors (Lipinski definition) is 2. The third-order valence-corrected chi connectivity index (χ3v) is 4.68. The number of hydrogen-bond donors (Lipinski definition) is 1. The van der Waals surface area contributed by atoms with E-state index in [9.17, 15) is 0 Å². The molecule has 0 bridgehead atoms. The van der Waals surface area contributed by atoms with Crippen molar-refractivity contribution < 1.29 is 0 Å². The van der Waals surface area contributed by atoms with E-state index in [1.54, 1.807) is 0 Å². The molecule has 1 aliphatic carbocycles. The van der Waals surface area contributed by atoms with Gasteiger partial charge in [-0.15, -0.1) is 0 Å². The lowest BCUT2D eigenvalue weighted by molar-refractivity contribution is 0.467. The number of benzene rings is 1. The third-order valence-electron chi connectivity index (χ3n) is 4.68. The van der Waals surface area contributed by atoms with Gasteiger partial charge in [0, 0.05) is 37.3 Å². The van der Waals surface area contributed by atoms with Crippen molar-refractivity contribution in [1.82, 2.24) is 9.55 Å². The van der Waals surface area contributed by atoms with Gasteiger partial charge in [-0.3, -0.25) is 0 Å². The van der Waals surface area contributed by atoms with Crippen molar-refractivity contribution in [2.45, 2.75) is 57.5 Å². The Kier molecular flexibility index (Phi) is 4.39. The zero-order valence-corrected chi connectivity index (χ0v) is 12.8. The van der Waals surface area contributed by atoms with E-state index in [0.29, 0.717) is 5.92 Å². The molecule has 0 fully saturated rings. The zero-order valence-electron chi connectivity index (χ0n) is 12.8. The summed E-state index contributed by atoms with van der Waals surface area (Å²) in [7, 11) is 0. The van der Waals surface area contributed by atoms with Gasteiger partial charge in [-0.2, -0.15) is 0 Å². The van der Waals surface area contributed by atoms with E-state index < -0.39 is 0 Å². The topological polar surface area (TPSA) is 43.8 Å². The van der Waals surface area contributed by atoms with E-state index in [1.807, 2.05) is 6.20 Å². The minimum absolute atomic E-state index is 0.213. The van der Waals surface area contributed by atoms with E-state index in [4.69, 9.17) is 5.73 Å². The summed E-state index contributed by atoms with van der Waals surface area (Å²) in [5.41, 5.74) is 9.15. The SMILES string of the molecule is CCC(N)Cc1nccn1CC1CCCc2ccccc21. The molecule has 3 rings (SSSR count). The maximum absolute atomic E-state index is 6.09. The highest BCUT2D eigenvalue weighted by Gasteiger charge is 2.21. The lowest BCUT2D eigenvalue weighted by atomic mass is 9.83. The van der Waals surface area contributed by atoms with Crippen molar-refractivity contribution in [1.29, 1.82) is 0 Å². The molecule has 0 amide bonds. The van der Waals surface area contributed by atoms with Crippen molar-refractivity contribution in [3.8, 4) is 0 Å². The number of aromatic nitrogens is 2. The molecule has 1 heterocycles. The van der Waals surface area contributed by atoms with E-state index in [-0.39, 0.29) is 6.04 Å². The van der Waals surface area contributed by atoms with Gasteiger partial charge in [-0.05, 0) is 36.8 Å². The van der Waals surface area contributed by atoms with Crippen LogP contribution < -0.4 is 5.73 Å². The standard InChI is InChI=1S/C18H25N3/c1-2-16(19)12-18-20-10-11-21(18)13-15-8-5-7-14-6-3-4-9-17(14)15/h3-4,6,9-11,15-16H,2,5,7-8,12-13,19H2,1H3. The Hall–Kier alpha value is -1.61. The molecule has 2 atom stereocenters. The largest absolute Gasteiger partial charge is 0.334 e. The average Bonchev–Trinajstić information content (AvgIpc) is 2.94. The first-order valence-corrected chi connectivity index (χ1v) is 8.11. The summed E-state index contributed by atoms with van der Waals surface area (Å²) in [6.45, 7) is 3.16. The normalized spacial score (nSPS) is 19.2. The molecular weight excluding hydrogens is 258 g/mol. The quantitative estimate of drug-likeness (QED) is 0.915. The molecule has 21 heavy (non-hydrogen) atoms. The van der Waals surface area contributed by atoms with E-state index in [2.05, 4.69) is 46.9 Å². The average molecular weight is 283 g/mol. The lowest BCUT2D eigenvalue weighted by Crippen LogP contribution is -2.24. The smallest absolute Gasteiger partial charge is 0.110 e. The summed E-state index contributed by atoms with van der Waals surface area (Å²) in [5.74, 6) is 1.74. The van der Waals surface area contributed by atoms with Crippen LogP contribution in [0.15, 0.2) is 36.7 Å². The van der Waals surface area contributed by atoms with Crippen molar-refractivity contribution in [2.75, 3.05) is 0 Å². The molecule has 0 saturated carbocycles. The number of nitrogens with zero attached hydrogens (tertiary/aromatic N) is 2. The van der Waals surface area contributed by atoms with E-state index in [0.717, 1.165) is 25.2 Å². The van der Waals surface area contributed by atoms with Crippen molar-refractivity contribution in [3.63, 3.8) is 0 Å². The summed E-state index contributed by atoms with van der Waals surface area (Å²) in [4.78, 5) is 4.51. The Morgan fingerprint density at radius 2 is 2.24 bits per heavy atom. The fraction of sp³-hybridized carbons (Fsp3) is 0.500. The first-order valence-electron chi connectivity index (χ1n) is 8.11. The van der Waals surface area contributed by atoms with Crippen LogP contribution in [-0.4, -0.2) is 15.6 Å². The van der Waals surface area contributed by atoms with Crippen LogP contribution in [0.4, 0.5) is 0 Å². The monoisotopic (exact) mass is 283 g/mol. The Morgan fingerprint density at radius 1 is 1.38 bits per heavy atom. The Morgan fingerprint density at radius 3 is 3.10 bits per heavy atom. The second-order valence-corrected chi connectivity index (χ2v) is 6.16. The molecular formula is C18H25N3. The molecule has 0 saturated heterocycles. The minimum atomic E-state index is 0.213. The van der Waals surface area contributed by atoms with Crippen LogP contribution >= 0.6 is 0 Å². The van der Waals surface area contributed by atoms with Crippen LogP contribution in [0.25, 0.3) is 0 Å². The fourth-order valence-corrected chi connectivity index (χ4v) is 3.36. The van der Waals surface area contributed by atoms with Gasteiger partial charge in [-0.1, -0.05) is 31.2 Å². The third kappa shape index (κ3) is 3.18. The summed E-state index contributed by atoms with van der Waals surface area (Å²) < 4.78 is 2.31. The van der Waals surface area contributed by atoms with Crippen LogP contribution in [0.2, 0.25) is 0 Å². The molecule has 2 aromatic rings. The van der Waals surface area contributed by atoms with Crippen molar-refractivity contribution in [3.05, 3.63) is 53.6 Å². The van der Waals surface area contributed by atoms with Gasteiger partial charge in [-0.25, -0.2) is 4.98 Å². The minimum Gasteiger partial charge on any atom is -0.334 e. The number of fused-ring (bicyclic) bond motifs is 1. The number of nitrogens with two attached hydrogens (primary N) is 1. The predicted octanol–water partition coefficient (Wildman–Crippen LogP) is 3.28. The highest BCUT2D eigenvalue weighted by Crippen LogP contribution is 2.32. The number of imidazole rings is 1. The molecule has 2 unspecified atom stereocenters. The molecule has 1 aromatic heterocycles. The summed E-state index contributed by atoms with van der Waals surface area (Å²) in [5, 5.41) is 0. The molecule has 0 spiro atoms. The highest BCUT2D eigenvalue weighted by atomic mass is 15.1. The van der Waals surface area contributed by atoms with Crippen molar-refractivity contribution in [2.24, 2.45) is 5.73 Å². The Balaban J connectivity index is 1.78. The maximum atomic E-state index is 6.09. The molecule has 112 valence electrons. The summed E-state index contributed by atoms with van der Waals surface area (Å²) in [6, 6.07) is 9.12. The number of rotatable bonds is 5. The molecule has 0 aliphatic heterocycles. The molecule has 0 radical (unpaired) electrons. The second-order valence-electron chi connectivity index (χ2n) is 6.16. The van der Waals surface area contributed by atoms with Gasteiger partial charge in [0.2, 0.25) is 0 Å². The zero-order chi connectivity index (χ0) is 14.7. The van der Waals surface area contributed by atoms with Gasteiger partial charge in [0.25, 0.3) is 0 Å². The summed E-state index contributed by atoms with van der Waals surface area (Å²) in [6.07, 6.45) is 9.68. The fourth-order valence-electron chi connectivity index (χ4n) is 3.36. The van der Waals surface area contributed by atoms with Crippen molar-refractivity contribution >= 4 is 0 Å². The lowest BCUT2D eigenvalue weighted by Gasteiger charge is -2.26. The van der Waals surface area contributed by atoms with Crippen LogP contribution in [0.3, 0.4) is 0 Å². The van der Waals surface area contributed by atoms with E-state index >= 15 is 0 Å². The van der Waals surface area contributed by atoms with Crippen LogP contribution in [-0.2, 0) is 19.4 Å². The maximum Gasteiger partial charge on any atom is 0.110 e. The van der Waals surface area contributed by atoms with E-state index in [1.165, 1.54) is 30.4 Å². The molecule has 2 N–H and O–H groups in total. The highest BCUT2D eigenvalue weighted by molar-refractivity contribution is 5.32. The Labute approximate surface area is 127 Å². The van der Waals surface area contributed by atoms with Gasteiger partial charge in [0.05, 0.1) is 0 Å². The predicted molar refractivity (Wildman–Crippen MR) is 86.3 cm³/mol. The Bertz CT molecular complexity index is 588.